The highest BCUT2D eigenvalue weighted by molar-refractivity contribution is 5.99. The van der Waals surface area contributed by atoms with Crippen molar-refractivity contribution in [1.29, 1.82) is 0 Å². The molecular weight excluding hydrogens is 258 g/mol. The first-order valence-corrected chi connectivity index (χ1v) is 6.65. The lowest BCUT2D eigenvalue weighted by Gasteiger charge is -2.18. The van der Waals surface area contributed by atoms with Crippen LogP contribution in [0.5, 0.6) is 0 Å². The minimum absolute atomic E-state index is 0.00953. The molecule has 0 aliphatic carbocycles. The quantitative estimate of drug-likeness (QED) is 0.816. The molecule has 1 heterocycles. The molecule has 3 N–H and O–H groups in total. The van der Waals surface area contributed by atoms with E-state index in [1.807, 2.05) is 20.8 Å². The maximum absolute atomic E-state index is 12.4. The van der Waals surface area contributed by atoms with Crippen molar-refractivity contribution < 1.29 is 9.59 Å². The number of carbonyl (C=O) groups excluding carboxylic acids is 2. The minimum Gasteiger partial charge on any atom is -0.395 e. The lowest BCUT2D eigenvalue weighted by atomic mass is 10.2. The number of nitrogens with zero attached hydrogens (tertiary/aromatic N) is 3. The Kier molecular flexibility index (Phi) is 5.12. The first kappa shape index (κ1) is 16.0. The van der Waals surface area contributed by atoms with Gasteiger partial charge in [-0.1, -0.05) is 0 Å². The van der Waals surface area contributed by atoms with E-state index < -0.39 is 0 Å². The highest BCUT2D eigenvalue weighted by atomic mass is 16.2. The van der Waals surface area contributed by atoms with E-state index >= 15 is 0 Å². The van der Waals surface area contributed by atoms with Crippen LogP contribution in [0.4, 0.5) is 5.69 Å². The second-order valence-corrected chi connectivity index (χ2v) is 5.05. The van der Waals surface area contributed by atoms with Crippen LogP contribution >= 0.6 is 0 Å². The van der Waals surface area contributed by atoms with E-state index in [-0.39, 0.29) is 24.4 Å². The van der Waals surface area contributed by atoms with Gasteiger partial charge in [-0.05, 0) is 27.7 Å². The number of amides is 2. The second-order valence-electron chi connectivity index (χ2n) is 5.05. The Balaban J connectivity index is 2.87. The van der Waals surface area contributed by atoms with E-state index in [0.29, 0.717) is 23.6 Å². The van der Waals surface area contributed by atoms with Crippen molar-refractivity contribution in [3.8, 4) is 0 Å². The van der Waals surface area contributed by atoms with Crippen LogP contribution in [-0.4, -0.2) is 46.1 Å². The summed E-state index contributed by atoms with van der Waals surface area (Å²) in [6, 6.07) is 0.0412. The summed E-state index contributed by atoms with van der Waals surface area (Å²) in [5.41, 5.74) is 7.22. The van der Waals surface area contributed by atoms with Crippen LogP contribution < -0.4 is 11.1 Å². The smallest absolute Gasteiger partial charge is 0.274 e. The summed E-state index contributed by atoms with van der Waals surface area (Å²) < 4.78 is 1.56. The van der Waals surface area contributed by atoms with E-state index in [4.69, 9.17) is 5.73 Å². The number of hydrogen-bond acceptors (Lipinski definition) is 4. The van der Waals surface area contributed by atoms with Crippen LogP contribution in [0.25, 0.3) is 0 Å². The maximum Gasteiger partial charge on any atom is 0.274 e. The summed E-state index contributed by atoms with van der Waals surface area (Å²) >= 11 is 0. The van der Waals surface area contributed by atoms with Gasteiger partial charge in [0.2, 0.25) is 5.91 Å². The predicted octanol–water partition coefficient (Wildman–Crippen LogP) is 0.390. The number of anilines is 1. The molecule has 0 saturated heterocycles. The Morgan fingerprint density at radius 3 is 2.55 bits per heavy atom. The average molecular weight is 281 g/mol. The summed E-state index contributed by atoms with van der Waals surface area (Å²) in [6.07, 6.45) is 0. The number of nitrogens with two attached hydrogens (primary N) is 1. The van der Waals surface area contributed by atoms with Gasteiger partial charge in [-0.3, -0.25) is 14.3 Å². The molecule has 0 atom stereocenters. The molecule has 2 amide bonds. The molecule has 1 rings (SSSR count). The number of aromatic nitrogens is 2. The van der Waals surface area contributed by atoms with Crippen molar-refractivity contribution >= 4 is 17.5 Å². The van der Waals surface area contributed by atoms with Crippen molar-refractivity contribution in [2.75, 3.05) is 19.3 Å². The summed E-state index contributed by atoms with van der Waals surface area (Å²) in [6.45, 7) is 7.91. The molecule has 1 aromatic rings. The van der Waals surface area contributed by atoms with Crippen LogP contribution in [0, 0.1) is 6.92 Å². The van der Waals surface area contributed by atoms with Gasteiger partial charge in [0.05, 0.1) is 17.9 Å². The highest BCUT2D eigenvalue weighted by Gasteiger charge is 2.23. The third-order valence-electron chi connectivity index (χ3n) is 2.85. The summed E-state index contributed by atoms with van der Waals surface area (Å²) in [7, 11) is 1.57. The van der Waals surface area contributed by atoms with Crippen molar-refractivity contribution in [3.63, 3.8) is 0 Å². The van der Waals surface area contributed by atoms with Gasteiger partial charge in [0.15, 0.2) is 0 Å². The number of likely N-dealkylation sites (N-methyl/N-ethyl adjacent to an activating group) is 1. The Labute approximate surface area is 119 Å². The lowest BCUT2D eigenvalue weighted by Crippen LogP contribution is -2.41. The largest absolute Gasteiger partial charge is 0.395 e. The number of nitrogens with one attached hydrogen (secondary N) is 1. The van der Waals surface area contributed by atoms with Gasteiger partial charge in [0.25, 0.3) is 5.91 Å². The molecule has 7 heteroatoms. The zero-order valence-corrected chi connectivity index (χ0v) is 12.7. The fourth-order valence-corrected chi connectivity index (χ4v) is 1.89. The standard InChI is InChI=1S/C13H23N5O2/c1-6-18-12(11(14)9(4)16-18)13(20)17(5)7-10(19)15-8(2)3/h8H,6-7,14H2,1-5H3,(H,15,19). The summed E-state index contributed by atoms with van der Waals surface area (Å²) in [5, 5.41) is 6.95. The van der Waals surface area contributed by atoms with Crippen LogP contribution in [0.3, 0.4) is 0 Å². The molecule has 112 valence electrons. The molecule has 0 saturated carbocycles. The molecule has 20 heavy (non-hydrogen) atoms. The highest BCUT2D eigenvalue weighted by Crippen LogP contribution is 2.17. The van der Waals surface area contributed by atoms with E-state index in [9.17, 15) is 9.59 Å². The number of rotatable bonds is 5. The normalized spacial score (nSPS) is 10.7. The molecule has 1 aromatic heterocycles. The average Bonchev–Trinajstić information content (AvgIpc) is 2.63. The topological polar surface area (TPSA) is 93.2 Å². The first-order valence-electron chi connectivity index (χ1n) is 6.65. The van der Waals surface area contributed by atoms with Gasteiger partial charge in [0.1, 0.15) is 5.69 Å². The van der Waals surface area contributed by atoms with Gasteiger partial charge in [-0.2, -0.15) is 5.10 Å². The van der Waals surface area contributed by atoms with Crippen molar-refractivity contribution in [3.05, 3.63) is 11.4 Å². The number of aryl methyl sites for hydroxylation is 2. The van der Waals surface area contributed by atoms with Crippen LogP contribution in [0.1, 0.15) is 37.0 Å². The van der Waals surface area contributed by atoms with Gasteiger partial charge < -0.3 is 16.0 Å². The fourth-order valence-electron chi connectivity index (χ4n) is 1.89. The van der Waals surface area contributed by atoms with E-state index in [1.54, 1.807) is 18.7 Å². The first-order chi connectivity index (χ1) is 9.27. The third-order valence-corrected chi connectivity index (χ3v) is 2.85. The Morgan fingerprint density at radius 1 is 1.45 bits per heavy atom. The number of hydrogen-bond donors (Lipinski definition) is 2. The van der Waals surface area contributed by atoms with Gasteiger partial charge in [-0.25, -0.2) is 0 Å². The van der Waals surface area contributed by atoms with E-state index in [0.717, 1.165) is 0 Å². The monoisotopic (exact) mass is 281 g/mol. The molecule has 0 bridgehead atoms. The van der Waals surface area contributed by atoms with Crippen molar-refractivity contribution in [1.82, 2.24) is 20.0 Å². The predicted molar refractivity (Wildman–Crippen MR) is 77.3 cm³/mol. The van der Waals surface area contributed by atoms with Crippen LogP contribution in [0.2, 0.25) is 0 Å². The maximum atomic E-state index is 12.4. The summed E-state index contributed by atoms with van der Waals surface area (Å²) in [5.74, 6) is -0.502. The molecule has 0 aliphatic heterocycles. The summed E-state index contributed by atoms with van der Waals surface area (Å²) in [4.78, 5) is 25.4. The molecule has 0 spiro atoms. The zero-order valence-electron chi connectivity index (χ0n) is 12.7. The molecule has 0 unspecified atom stereocenters. The minimum atomic E-state index is -0.302. The fraction of sp³-hybridized carbons (Fsp3) is 0.615. The Bertz CT molecular complexity index is 507. The molecule has 0 aromatic carbocycles. The molecular formula is C13H23N5O2. The SMILES string of the molecule is CCn1nc(C)c(N)c1C(=O)N(C)CC(=O)NC(C)C. The van der Waals surface area contributed by atoms with Gasteiger partial charge in [-0.15, -0.1) is 0 Å². The van der Waals surface area contributed by atoms with Crippen LogP contribution in [0.15, 0.2) is 0 Å². The van der Waals surface area contributed by atoms with Crippen molar-refractivity contribution in [2.24, 2.45) is 0 Å². The van der Waals surface area contributed by atoms with Gasteiger partial charge >= 0.3 is 0 Å². The second kappa shape index (κ2) is 6.40. The van der Waals surface area contributed by atoms with Crippen molar-refractivity contribution in [2.45, 2.75) is 40.3 Å². The van der Waals surface area contributed by atoms with E-state index in [2.05, 4.69) is 10.4 Å². The molecule has 0 fully saturated rings. The molecule has 7 nitrogen and oxygen atoms in total. The van der Waals surface area contributed by atoms with E-state index in [1.165, 1.54) is 4.90 Å². The molecule has 0 radical (unpaired) electrons. The molecule has 0 aliphatic rings. The van der Waals surface area contributed by atoms with Gasteiger partial charge in [0, 0.05) is 19.6 Å². The van der Waals surface area contributed by atoms with Crippen LogP contribution in [-0.2, 0) is 11.3 Å². The zero-order chi connectivity index (χ0) is 15.4. The Morgan fingerprint density at radius 2 is 2.05 bits per heavy atom. The Hall–Kier alpha value is -2.05. The third kappa shape index (κ3) is 3.49. The number of carbonyl (C=O) groups is 2. The lowest BCUT2D eigenvalue weighted by molar-refractivity contribution is -0.122. The number of nitrogen functional groups attached to an aromatic ring is 1.